The van der Waals surface area contributed by atoms with Crippen LogP contribution >= 0.6 is 0 Å². The molecule has 1 aromatic rings. The molecule has 0 bridgehead atoms. The second-order valence-electron chi connectivity index (χ2n) is 3.75. The van der Waals surface area contributed by atoms with Gasteiger partial charge in [0.05, 0.1) is 14.4 Å². The average Bonchev–Trinajstić information content (AvgIpc) is 2.39. The molecule has 0 saturated carbocycles. The summed E-state index contributed by atoms with van der Waals surface area (Å²) < 4.78 is 2.19. The Labute approximate surface area is 69.3 Å². The van der Waals surface area contributed by atoms with Gasteiger partial charge in [-0.05, 0) is 0 Å². The molecule has 0 saturated heterocycles. The number of imidazole rings is 1. The quantitative estimate of drug-likeness (QED) is 0.632. The van der Waals surface area contributed by atoms with E-state index in [1.807, 2.05) is 18.7 Å². The standard InChI is InChI=1S/C8H16N2Si/c1-4-11(2,3)8-10-6-5-9-7-10/h5-7H,4,8H2,1-3H3. The van der Waals surface area contributed by atoms with Gasteiger partial charge in [0.1, 0.15) is 0 Å². The molecule has 0 aliphatic carbocycles. The highest BCUT2D eigenvalue weighted by Gasteiger charge is 2.17. The van der Waals surface area contributed by atoms with Gasteiger partial charge >= 0.3 is 0 Å². The van der Waals surface area contributed by atoms with Gasteiger partial charge in [-0.3, -0.25) is 0 Å². The van der Waals surface area contributed by atoms with Crippen molar-refractivity contribution in [3.63, 3.8) is 0 Å². The van der Waals surface area contributed by atoms with Gasteiger partial charge in [0, 0.05) is 18.6 Å². The Hall–Kier alpha value is -0.573. The number of rotatable bonds is 3. The third-order valence-corrected chi connectivity index (χ3v) is 5.26. The van der Waals surface area contributed by atoms with Crippen molar-refractivity contribution in [1.82, 2.24) is 9.55 Å². The Morgan fingerprint density at radius 2 is 2.18 bits per heavy atom. The molecule has 1 aromatic heterocycles. The van der Waals surface area contributed by atoms with Crippen molar-refractivity contribution in [3.8, 4) is 0 Å². The van der Waals surface area contributed by atoms with Gasteiger partial charge in [-0.1, -0.05) is 26.1 Å². The SMILES string of the molecule is CC[Si](C)(C)Cn1ccnc1. The molecule has 0 N–H and O–H groups in total. The number of aromatic nitrogens is 2. The molecule has 0 aromatic carbocycles. The van der Waals surface area contributed by atoms with E-state index >= 15 is 0 Å². The number of nitrogens with zero attached hydrogens (tertiary/aromatic N) is 2. The van der Waals surface area contributed by atoms with Crippen molar-refractivity contribution in [2.75, 3.05) is 0 Å². The van der Waals surface area contributed by atoms with Crippen LogP contribution in [0.25, 0.3) is 0 Å². The van der Waals surface area contributed by atoms with Crippen LogP contribution in [0.3, 0.4) is 0 Å². The predicted octanol–water partition coefficient (Wildman–Crippen LogP) is 2.15. The third-order valence-electron chi connectivity index (χ3n) is 2.13. The van der Waals surface area contributed by atoms with Gasteiger partial charge in [-0.2, -0.15) is 0 Å². The highest BCUT2D eigenvalue weighted by atomic mass is 28.3. The molecule has 62 valence electrons. The summed E-state index contributed by atoms with van der Waals surface area (Å²) in [6.07, 6.45) is 7.00. The maximum Gasteiger partial charge on any atom is 0.0943 e. The van der Waals surface area contributed by atoms with Crippen molar-refractivity contribution < 1.29 is 0 Å². The van der Waals surface area contributed by atoms with E-state index in [4.69, 9.17) is 0 Å². The van der Waals surface area contributed by atoms with Gasteiger partial charge in [0.2, 0.25) is 0 Å². The van der Waals surface area contributed by atoms with Crippen molar-refractivity contribution in [1.29, 1.82) is 0 Å². The van der Waals surface area contributed by atoms with Crippen LogP contribution in [-0.4, -0.2) is 17.6 Å². The molecule has 2 nitrogen and oxygen atoms in total. The molecule has 11 heavy (non-hydrogen) atoms. The monoisotopic (exact) mass is 168 g/mol. The van der Waals surface area contributed by atoms with Gasteiger partial charge in [0.15, 0.2) is 0 Å². The lowest BCUT2D eigenvalue weighted by Crippen LogP contribution is -2.30. The highest BCUT2D eigenvalue weighted by Crippen LogP contribution is 2.10. The lowest BCUT2D eigenvalue weighted by atomic mass is 10.9. The normalized spacial score (nSPS) is 11.9. The predicted molar refractivity (Wildman–Crippen MR) is 50.2 cm³/mol. The molecule has 0 fully saturated rings. The molecule has 3 heteroatoms. The molecule has 0 aliphatic rings. The summed E-state index contributed by atoms with van der Waals surface area (Å²) in [5, 5.41) is 0. The van der Waals surface area contributed by atoms with E-state index in [0.29, 0.717) is 0 Å². The van der Waals surface area contributed by atoms with Gasteiger partial charge in [-0.15, -0.1) is 0 Å². The Balaban J connectivity index is 2.56. The molecule has 0 atom stereocenters. The van der Waals surface area contributed by atoms with Crippen molar-refractivity contribution in [2.24, 2.45) is 0 Å². The Kier molecular flexibility index (Phi) is 2.49. The smallest absolute Gasteiger partial charge is 0.0943 e. The first-order chi connectivity index (χ1) is 5.14. The summed E-state index contributed by atoms with van der Waals surface area (Å²) in [6, 6.07) is 1.34. The maximum atomic E-state index is 4.03. The van der Waals surface area contributed by atoms with Gasteiger partial charge in [0.25, 0.3) is 0 Å². The van der Waals surface area contributed by atoms with E-state index in [1.165, 1.54) is 12.2 Å². The van der Waals surface area contributed by atoms with Gasteiger partial charge < -0.3 is 4.57 Å². The number of hydrogen-bond donors (Lipinski definition) is 0. The van der Waals surface area contributed by atoms with Crippen LogP contribution in [0.4, 0.5) is 0 Å². The minimum absolute atomic E-state index is 0.959. The largest absolute Gasteiger partial charge is 0.340 e. The summed E-state index contributed by atoms with van der Waals surface area (Å²) in [4.78, 5) is 4.03. The summed E-state index contributed by atoms with van der Waals surface area (Å²) in [5.41, 5.74) is 0. The highest BCUT2D eigenvalue weighted by molar-refractivity contribution is 6.76. The van der Waals surface area contributed by atoms with Crippen LogP contribution in [-0.2, 0) is 6.17 Å². The zero-order valence-corrected chi connectivity index (χ0v) is 8.54. The van der Waals surface area contributed by atoms with Crippen LogP contribution in [0.5, 0.6) is 0 Å². The molecule has 1 rings (SSSR count). The fraction of sp³-hybridized carbons (Fsp3) is 0.625. The fourth-order valence-corrected chi connectivity index (χ4v) is 2.39. The topological polar surface area (TPSA) is 17.8 Å². The zero-order valence-electron chi connectivity index (χ0n) is 7.54. The third kappa shape index (κ3) is 2.50. The van der Waals surface area contributed by atoms with E-state index in [-0.39, 0.29) is 0 Å². The van der Waals surface area contributed by atoms with Crippen molar-refractivity contribution in [3.05, 3.63) is 18.7 Å². The summed E-state index contributed by atoms with van der Waals surface area (Å²) in [6.45, 7) is 7.10. The van der Waals surface area contributed by atoms with Crippen LogP contribution in [0, 0.1) is 0 Å². The molecular formula is C8H16N2Si. The lowest BCUT2D eigenvalue weighted by Gasteiger charge is -2.19. The summed E-state index contributed by atoms with van der Waals surface area (Å²) in [5.74, 6) is 0. The second kappa shape index (κ2) is 3.22. The molecule has 0 amide bonds. The maximum absolute atomic E-state index is 4.03. The molecule has 1 heterocycles. The number of hydrogen-bond acceptors (Lipinski definition) is 1. The van der Waals surface area contributed by atoms with Crippen LogP contribution in [0.2, 0.25) is 19.1 Å². The first kappa shape index (κ1) is 8.52. The fourth-order valence-electron chi connectivity index (χ4n) is 0.986. The van der Waals surface area contributed by atoms with Crippen LogP contribution in [0.1, 0.15) is 6.92 Å². The molecule has 0 aliphatic heterocycles. The average molecular weight is 168 g/mol. The van der Waals surface area contributed by atoms with Crippen molar-refractivity contribution in [2.45, 2.75) is 32.2 Å². The molecule has 0 spiro atoms. The summed E-state index contributed by atoms with van der Waals surface area (Å²) in [7, 11) is -0.959. The van der Waals surface area contributed by atoms with Crippen LogP contribution in [0.15, 0.2) is 18.7 Å². The van der Waals surface area contributed by atoms with E-state index in [1.54, 1.807) is 0 Å². The lowest BCUT2D eigenvalue weighted by molar-refractivity contribution is 0.843. The summed E-state index contributed by atoms with van der Waals surface area (Å²) >= 11 is 0. The molecular weight excluding hydrogens is 152 g/mol. The Morgan fingerprint density at radius 1 is 1.45 bits per heavy atom. The molecule has 0 unspecified atom stereocenters. The minimum Gasteiger partial charge on any atom is -0.340 e. The van der Waals surface area contributed by atoms with Crippen molar-refractivity contribution >= 4 is 8.07 Å². The van der Waals surface area contributed by atoms with Crippen LogP contribution < -0.4 is 0 Å². The first-order valence-electron chi connectivity index (χ1n) is 4.10. The minimum atomic E-state index is -0.959. The second-order valence-corrected chi connectivity index (χ2v) is 9.10. The van der Waals surface area contributed by atoms with E-state index in [2.05, 4.69) is 29.6 Å². The Morgan fingerprint density at radius 3 is 2.64 bits per heavy atom. The molecule has 0 radical (unpaired) electrons. The van der Waals surface area contributed by atoms with E-state index in [0.717, 1.165) is 0 Å². The zero-order chi connectivity index (χ0) is 8.32. The first-order valence-corrected chi connectivity index (χ1v) is 7.51. The van der Waals surface area contributed by atoms with E-state index in [9.17, 15) is 0 Å². The van der Waals surface area contributed by atoms with Gasteiger partial charge in [-0.25, -0.2) is 4.98 Å². The van der Waals surface area contributed by atoms with E-state index < -0.39 is 8.07 Å². The Bertz CT molecular complexity index is 204.